The Morgan fingerprint density at radius 2 is 1.55 bits per heavy atom. The van der Waals surface area contributed by atoms with Crippen molar-refractivity contribution in [1.29, 1.82) is 0 Å². The van der Waals surface area contributed by atoms with E-state index in [4.69, 9.17) is 9.72 Å². The number of nitrogens with one attached hydrogen (secondary N) is 1. The molecule has 0 bridgehead atoms. The predicted octanol–water partition coefficient (Wildman–Crippen LogP) is 2.07. The Kier molecular flexibility index (Phi) is 11.6. The van der Waals surface area contributed by atoms with Gasteiger partial charge < -0.3 is 9.29 Å². The van der Waals surface area contributed by atoms with Crippen LogP contribution < -0.4 is 44.2 Å². The van der Waals surface area contributed by atoms with Crippen molar-refractivity contribution in [1.82, 2.24) is 4.98 Å². The van der Waals surface area contributed by atoms with Gasteiger partial charge in [0.25, 0.3) is 0 Å². The van der Waals surface area contributed by atoms with Crippen LogP contribution in [0.4, 0.5) is 14.6 Å². The second-order valence-corrected chi connectivity index (χ2v) is 12.0. The van der Waals surface area contributed by atoms with Crippen molar-refractivity contribution in [2.24, 2.45) is 0 Å². The number of hydrogen-bond donors (Lipinski definition) is 1. The Morgan fingerprint density at radius 1 is 0.909 bits per heavy atom. The Bertz CT molecular complexity index is 1690. The molecular weight excluding hydrogens is 599 g/mol. The minimum atomic E-state index is -4.24. The smallest absolute Gasteiger partial charge is 0.748 e. The standard InChI is InChI=1S/C32H31F2N3O5S.Na/c33-25-17-23(18-26(34)30(25)42-15-9-1-2-10-16-43(39,40)41)20-28-32(38)37-21-29(24-13-7-4-8-14-24)35-27(31(37)36-28)19-22-11-5-3-6-12-22;/h3-8,11-14,17-18,21,28H,1-2,9-10,15-16,19-20H2,(H,39,40,41);/q;+1. The van der Waals surface area contributed by atoms with Crippen molar-refractivity contribution in [2.75, 3.05) is 17.7 Å². The van der Waals surface area contributed by atoms with Gasteiger partial charge >= 0.3 is 41.3 Å². The van der Waals surface area contributed by atoms with Gasteiger partial charge in [-0.25, -0.2) is 27.0 Å². The molecule has 1 atom stereocenters. The van der Waals surface area contributed by atoms with Gasteiger partial charge in [-0.15, -0.1) is 0 Å². The average molecular weight is 631 g/mol. The van der Waals surface area contributed by atoms with Gasteiger partial charge in [0.05, 0.1) is 16.7 Å². The summed E-state index contributed by atoms with van der Waals surface area (Å²) in [7, 11) is -4.24. The summed E-state index contributed by atoms with van der Waals surface area (Å²) in [6.07, 6.45) is 3.94. The summed E-state index contributed by atoms with van der Waals surface area (Å²) in [6, 6.07) is 20.9. The van der Waals surface area contributed by atoms with Crippen LogP contribution in [0.15, 0.2) is 79.0 Å². The van der Waals surface area contributed by atoms with Gasteiger partial charge in [0.2, 0.25) is 0 Å². The third kappa shape index (κ3) is 8.70. The summed E-state index contributed by atoms with van der Waals surface area (Å²) in [4.78, 5) is 18.4. The number of nitrogens with zero attached hydrogens (tertiary/aromatic N) is 2. The van der Waals surface area contributed by atoms with Crippen LogP contribution in [0.1, 0.15) is 47.3 Å². The minimum Gasteiger partial charge on any atom is -0.748 e. The molecule has 0 amide bonds. The van der Waals surface area contributed by atoms with Crippen molar-refractivity contribution in [3.05, 3.63) is 107 Å². The van der Waals surface area contributed by atoms with Gasteiger partial charge in [-0.3, -0.25) is 5.32 Å². The number of unbranched alkanes of at least 4 members (excludes halogenated alkanes) is 3. The van der Waals surface area contributed by atoms with E-state index < -0.39 is 39.3 Å². The first-order valence-corrected chi connectivity index (χ1v) is 15.7. The summed E-state index contributed by atoms with van der Waals surface area (Å²) < 4.78 is 68.5. The van der Waals surface area contributed by atoms with Crippen LogP contribution in [0.2, 0.25) is 0 Å². The second kappa shape index (κ2) is 15.2. The molecule has 1 aromatic heterocycles. The van der Waals surface area contributed by atoms with Crippen molar-refractivity contribution in [3.8, 4) is 17.0 Å². The third-order valence-corrected chi connectivity index (χ3v) is 7.97. The molecule has 2 heterocycles. The number of anilines is 1. The fourth-order valence-electron chi connectivity index (χ4n) is 5.09. The molecule has 12 heteroatoms. The van der Waals surface area contributed by atoms with E-state index in [0.29, 0.717) is 48.5 Å². The molecule has 44 heavy (non-hydrogen) atoms. The number of aromatic nitrogens is 2. The fraction of sp³-hybridized carbons (Fsp3) is 0.281. The van der Waals surface area contributed by atoms with E-state index in [-0.39, 0.29) is 54.9 Å². The molecule has 1 unspecified atom stereocenters. The van der Waals surface area contributed by atoms with Gasteiger partial charge in [0.1, 0.15) is 17.6 Å². The largest absolute Gasteiger partial charge is 1.00 e. The molecule has 3 aromatic carbocycles. The summed E-state index contributed by atoms with van der Waals surface area (Å²) in [6.45, 7) is 0.0346. The minimum absolute atomic E-state index is 0. The topological polar surface area (TPSA) is 112 Å². The van der Waals surface area contributed by atoms with Crippen LogP contribution in [-0.4, -0.2) is 42.3 Å². The van der Waals surface area contributed by atoms with E-state index in [2.05, 4.69) is 5.32 Å². The van der Waals surface area contributed by atoms with Gasteiger partial charge in [-0.2, -0.15) is 4.57 Å². The predicted molar refractivity (Wildman–Crippen MR) is 156 cm³/mol. The van der Waals surface area contributed by atoms with Crippen molar-refractivity contribution in [3.63, 3.8) is 0 Å². The van der Waals surface area contributed by atoms with Crippen LogP contribution in [0.3, 0.4) is 0 Å². The van der Waals surface area contributed by atoms with Crippen LogP contribution in [-0.2, 0) is 23.0 Å². The second-order valence-electron chi connectivity index (χ2n) is 10.5. The molecule has 1 aliphatic heterocycles. The maximum atomic E-state index is 14.9. The first-order valence-electron chi connectivity index (χ1n) is 14.1. The van der Waals surface area contributed by atoms with E-state index in [1.807, 2.05) is 60.7 Å². The molecule has 5 rings (SSSR count). The number of ether oxygens (including phenoxy) is 1. The summed E-state index contributed by atoms with van der Waals surface area (Å²) in [5.74, 6) is -2.39. The van der Waals surface area contributed by atoms with Gasteiger partial charge in [-0.1, -0.05) is 73.5 Å². The first-order chi connectivity index (χ1) is 20.7. The van der Waals surface area contributed by atoms with Gasteiger partial charge in [0.15, 0.2) is 23.4 Å². The molecule has 0 spiro atoms. The number of carbonyl (C=O) groups excluding carboxylic acids is 1. The monoisotopic (exact) mass is 630 g/mol. The first kappa shape index (κ1) is 33.7. The zero-order valence-corrected chi connectivity index (χ0v) is 27.2. The molecule has 0 radical (unpaired) electrons. The number of benzene rings is 3. The quantitative estimate of drug-likeness (QED) is 0.104. The Balaban J connectivity index is 0.00000442. The zero-order valence-electron chi connectivity index (χ0n) is 24.3. The van der Waals surface area contributed by atoms with Crippen molar-refractivity contribution in [2.45, 2.75) is 44.6 Å². The van der Waals surface area contributed by atoms with Gasteiger partial charge in [-0.05, 0) is 36.1 Å². The molecule has 1 aliphatic rings. The molecule has 0 aliphatic carbocycles. The summed E-state index contributed by atoms with van der Waals surface area (Å²) >= 11 is 0. The molecule has 0 saturated heterocycles. The van der Waals surface area contributed by atoms with Crippen LogP contribution in [0, 0.1) is 11.6 Å². The van der Waals surface area contributed by atoms with Crippen molar-refractivity contribution < 1.29 is 65.4 Å². The van der Waals surface area contributed by atoms with E-state index in [9.17, 15) is 26.5 Å². The summed E-state index contributed by atoms with van der Waals surface area (Å²) in [5.41, 5.74) is 3.50. The molecule has 1 N–H and O–H groups in total. The molecule has 0 fully saturated rings. The van der Waals surface area contributed by atoms with Crippen LogP contribution >= 0.6 is 0 Å². The Labute approximate surface area is 277 Å². The van der Waals surface area contributed by atoms with Gasteiger partial charge in [0, 0.05) is 24.2 Å². The van der Waals surface area contributed by atoms with Crippen LogP contribution in [0.5, 0.6) is 5.75 Å². The Hall–Kier alpha value is -3.22. The molecule has 224 valence electrons. The number of hydrogen-bond acceptors (Lipinski definition) is 7. The number of fused-ring (bicyclic) bond motifs is 1. The number of halogens is 2. The van der Waals surface area contributed by atoms with E-state index in [1.165, 1.54) is 16.7 Å². The maximum absolute atomic E-state index is 14.9. The normalized spacial score (nSPS) is 14.1. The zero-order chi connectivity index (χ0) is 30.4. The van der Waals surface area contributed by atoms with E-state index in [1.54, 1.807) is 6.20 Å². The number of carbonyl (C=O) groups is 1. The van der Waals surface area contributed by atoms with Crippen molar-refractivity contribution >= 4 is 21.8 Å². The average Bonchev–Trinajstić information content (AvgIpc) is 3.29. The molecule has 8 nitrogen and oxygen atoms in total. The Morgan fingerprint density at radius 3 is 2.20 bits per heavy atom. The fourth-order valence-corrected chi connectivity index (χ4v) is 5.64. The van der Waals surface area contributed by atoms with E-state index in [0.717, 1.165) is 11.1 Å². The summed E-state index contributed by atoms with van der Waals surface area (Å²) in [5, 5.41) is 3.24. The third-order valence-electron chi connectivity index (χ3n) is 7.18. The van der Waals surface area contributed by atoms with E-state index >= 15 is 0 Å². The molecular formula is C32H31F2N3NaO5S+. The molecule has 0 saturated carbocycles. The molecule has 4 aromatic rings. The number of rotatable bonds is 13. The van der Waals surface area contributed by atoms with Crippen LogP contribution in [0.25, 0.3) is 11.3 Å². The SMILES string of the molecule is O=C1C(Cc2cc(F)c(OCCCCCCS(=O)(=O)[O-])c(F)c2)Nc2c(Cc3ccccc3)nc(-c3ccccc3)c[n+]21.[Na+]. The maximum Gasteiger partial charge on any atom is 1.00 e.